The number of amides is 2. The molecular formula is C48H84N4O8. The van der Waals surface area contributed by atoms with Gasteiger partial charge in [0.1, 0.15) is 34.7 Å². The van der Waals surface area contributed by atoms with Gasteiger partial charge < -0.3 is 40.6 Å². The molecule has 60 heavy (non-hydrogen) atoms. The highest BCUT2D eigenvalue weighted by Crippen LogP contribution is 2.31. The molecule has 0 aromatic rings. The van der Waals surface area contributed by atoms with Crippen LogP contribution in [0.4, 0.5) is 9.59 Å². The summed E-state index contributed by atoms with van der Waals surface area (Å²) < 4.78 is 22.3. The normalized spacial score (nSPS) is 19.4. The van der Waals surface area contributed by atoms with E-state index in [2.05, 4.69) is 47.4 Å². The molecule has 0 aromatic carbocycles. The van der Waals surface area contributed by atoms with Crippen molar-refractivity contribution < 1.29 is 38.7 Å². The van der Waals surface area contributed by atoms with Crippen molar-refractivity contribution >= 4 is 12.2 Å². The minimum Gasteiger partial charge on any atom is -0.444 e. The summed E-state index contributed by atoms with van der Waals surface area (Å²) in [5.74, 6) is 24.0. The van der Waals surface area contributed by atoms with Gasteiger partial charge in [-0.15, -0.1) is 0 Å². The Morgan fingerprint density at radius 1 is 0.567 bits per heavy atom. The first-order chi connectivity index (χ1) is 26.5. The molecule has 2 rings (SSSR count). The summed E-state index contributed by atoms with van der Waals surface area (Å²) >= 11 is 0. The van der Waals surface area contributed by atoms with Crippen molar-refractivity contribution in [2.75, 3.05) is 26.4 Å². The summed E-state index contributed by atoms with van der Waals surface area (Å²) in [7, 11) is 0. The second-order valence-corrected chi connectivity index (χ2v) is 21.9. The number of nitrogens with two attached hydrogens (primary N) is 2. The highest BCUT2D eigenvalue weighted by Gasteiger charge is 2.46. The minimum atomic E-state index is -0.695. The van der Waals surface area contributed by atoms with Crippen molar-refractivity contribution in [2.24, 2.45) is 33.1 Å². The lowest BCUT2D eigenvalue weighted by Crippen LogP contribution is -2.49. The van der Waals surface area contributed by atoms with Crippen LogP contribution in [0.5, 0.6) is 0 Å². The Kier molecular flexibility index (Phi) is 22.6. The molecule has 6 N–H and O–H groups in total. The third-order valence-electron chi connectivity index (χ3n) is 7.04. The standard InChI is InChI=1S/2C16H27NO3.2C8H15NO/c2*1-14(2,3)10-9-12-11-19-16(7,8)17(12)13(18)20-15(4,5)6;2*1-8(2,3)5-4-7(9)6-10/h2*12H,11H2,1-8H3;2*7,10H,6,9H2,1-3H3/t2*12-;2*7-/m1010/s1. The molecule has 2 amide bonds. The van der Waals surface area contributed by atoms with E-state index < -0.39 is 22.7 Å². The van der Waals surface area contributed by atoms with E-state index in [1.165, 1.54) is 0 Å². The van der Waals surface area contributed by atoms with Gasteiger partial charge in [0.05, 0.1) is 38.5 Å². The summed E-state index contributed by atoms with van der Waals surface area (Å²) in [5, 5.41) is 17.0. The van der Waals surface area contributed by atoms with Gasteiger partial charge in [-0.2, -0.15) is 0 Å². The molecule has 4 atom stereocenters. The molecule has 0 spiro atoms. The van der Waals surface area contributed by atoms with Crippen LogP contribution in [0.3, 0.4) is 0 Å². The van der Waals surface area contributed by atoms with Crippen molar-refractivity contribution in [3.05, 3.63) is 0 Å². The Morgan fingerprint density at radius 2 is 0.817 bits per heavy atom. The molecule has 2 aliphatic heterocycles. The van der Waals surface area contributed by atoms with Gasteiger partial charge in [-0.25, -0.2) is 9.59 Å². The van der Waals surface area contributed by atoms with Crippen LogP contribution in [-0.2, 0) is 18.9 Å². The first kappa shape index (κ1) is 58.6. The van der Waals surface area contributed by atoms with Crippen molar-refractivity contribution in [1.29, 1.82) is 0 Å². The maximum atomic E-state index is 12.4. The molecule has 12 nitrogen and oxygen atoms in total. The smallest absolute Gasteiger partial charge is 0.413 e. The van der Waals surface area contributed by atoms with E-state index in [9.17, 15) is 9.59 Å². The van der Waals surface area contributed by atoms with Crippen LogP contribution in [-0.4, -0.2) is 105 Å². The molecule has 0 aliphatic carbocycles. The second kappa shape index (κ2) is 23.1. The van der Waals surface area contributed by atoms with E-state index in [1.54, 1.807) is 9.80 Å². The maximum Gasteiger partial charge on any atom is 0.413 e. The van der Waals surface area contributed by atoms with Crippen LogP contribution in [0.2, 0.25) is 0 Å². The molecule has 12 heteroatoms. The Morgan fingerprint density at radius 3 is 1.02 bits per heavy atom. The van der Waals surface area contributed by atoms with Gasteiger partial charge in [0.2, 0.25) is 0 Å². The molecule has 344 valence electrons. The number of hydrogen-bond acceptors (Lipinski definition) is 10. The Labute approximate surface area is 365 Å². The molecule has 0 unspecified atom stereocenters. The predicted molar refractivity (Wildman–Crippen MR) is 243 cm³/mol. The largest absolute Gasteiger partial charge is 0.444 e. The van der Waals surface area contributed by atoms with Gasteiger partial charge >= 0.3 is 12.2 Å². The van der Waals surface area contributed by atoms with E-state index in [0.717, 1.165) is 0 Å². The SMILES string of the molecule is CC(C)(C)C#C[C@@H](N)CO.CC(C)(C)C#C[C@@H]1COC(C)(C)N1C(=O)OC(C)(C)C.CC(C)(C)C#C[C@H](N)CO.CC(C)(C)C#C[C@H]1COC(C)(C)N1C(=O)OC(C)(C)C. The first-order valence-electron chi connectivity index (χ1n) is 20.7. The molecule has 0 bridgehead atoms. The molecule has 2 aliphatic rings. The Bertz CT molecular complexity index is 1490. The highest BCUT2D eigenvalue weighted by molar-refractivity contribution is 5.71. The van der Waals surface area contributed by atoms with E-state index in [4.69, 9.17) is 40.6 Å². The second-order valence-electron chi connectivity index (χ2n) is 21.9. The molecule has 0 radical (unpaired) electrons. The molecule has 2 saturated heterocycles. The van der Waals surface area contributed by atoms with Gasteiger partial charge in [0.15, 0.2) is 0 Å². The van der Waals surface area contributed by atoms with E-state index in [-0.39, 0.29) is 71.2 Å². The van der Waals surface area contributed by atoms with Crippen molar-refractivity contribution in [1.82, 2.24) is 9.80 Å². The fourth-order valence-electron chi connectivity index (χ4n) is 4.44. The zero-order valence-corrected chi connectivity index (χ0v) is 41.5. The number of aliphatic hydroxyl groups excluding tert-OH is 2. The van der Waals surface area contributed by atoms with E-state index in [0.29, 0.717) is 13.2 Å². The lowest BCUT2D eigenvalue weighted by atomic mass is 9.97. The number of aliphatic hydroxyl groups is 2. The minimum absolute atomic E-state index is 0.0210. The summed E-state index contributed by atoms with van der Waals surface area (Å²) in [5.41, 5.74) is 8.01. The van der Waals surface area contributed by atoms with Crippen LogP contribution in [0.1, 0.15) is 152 Å². The van der Waals surface area contributed by atoms with Crippen LogP contribution in [0, 0.1) is 69.0 Å². The zero-order chi connectivity index (χ0) is 47.9. The van der Waals surface area contributed by atoms with Gasteiger partial charge in [-0.1, -0.05) is 47.4 Å². The molecule has 0 saturated carbocycles. The molecule has 2 fully saturated rings. The fraction of sp³-hybridized carbons (Fsp3) is 0.792. The average molecular weight is 845 g/mol. The van der Waals surface area contributed by atoms with Crippen molar-refractivity contribution in [3.8, 4) is 47.4 Å². The van der Waals surface area contributed by atoms with Gasteiger partial charge in [0, 0.05) is 21.7 Å². The average Bonchev–Trinajstić information content (AvgIpc) is 3.51. The monoisotopic (exact) mass is 845 g/mol. The molecule has 2 heterocycles. The summed E-state index contributed by atoms with van der Waals surface area (Å²) in [6, 6.07) is -1.31. The number of rotatable bonds is 2. The van der Waals surface area contributed by atoms with E-state index in [1.807, 2.05) is 152 Å². The number of nitrogens with zero attached hydrogens (tertiary/aromatic N) is 2. The number of carbonyl (C=O) groups excluding carboxylic acids is 2. The third kappa shape index (κ3) is 28.1. The van der Waals surface area contributed by atoms with Crippen LogP contribution < -0.4 is 11.5 Å². The Hall–Kier alpha value is -3.46. The third-order valence-corrected chi connectivity index (χ3v) is 7.04. The fourth-order valence-corrected chi connectivity index (χ4v) is 4.44. The van der Waals surface area contributed by atoms with E-state index >= 15 is 0 Å². The lowest BCUT2D eigenvalue weighted by molar-refractivity contribution is -0.0619. The van der Waals surface area contributed by atoms with Crippen molar-refractivity contribution in [2.45, 2.75) is 199 Å². The summed E-state index contributed by atoms with van der Waals surface area (Å²) in [4.78, 5) is 27.9. The summed E-state index contributed by atoms with van der Waals surface area (Å²) in [6.07, 6.45) is -0.763. The van der Waals surface area contributed by atoms with Gasteiger partial charge in [-0.3, -0.25) is 9.80 Å². The number of ether oxygens (including phenoxy) is 4. The first-order valence-corrected chi connectivity index (χ1v) is 20.7. The van der Waals surface area contributed by atoms with Crippen molar-refractivity contribution in [3.63, 3.8) is 0 Å². The van der Waals surface area contributed by atoms with Gasteiger partial charge in [0.25, 0.3) is 0 Å². The van der Waals surface area contributed by atoms with Crippen LogP contribution in [0.15, 0.2) is 0 Å². The van der Waals surface area contributed by atoms with Crippen LogP contribution in [0.25, 0.3) is 0 Å². The lowest BCUT2D eigenvalue weighted by Gasteiger charge is -2.33. The number of hydrogen-bond donors (Lipinski definition) is 4. The molecular weight excluding hydrogens is 761 g/mol. The van der Waals surface area contributed by atoms with Gasteiger partial charge in [-0.05, 0) is 152 Å². The topological polar surface area (TPSA) is 170 Å². The Balaban J connectivity index is 0. The molecule has 0 aromatic heterocycles. The van der Waals surface area contributed by atoms with Crippen LogP contribution >= 0.6 is 0 Å². The number of carbonyl (C=O) groups is 2. The zero-order valence-electron chi connectivity index (χ0n) is 41.5. The summed E-state index contributed by atoms with van der Waals surface area (Å²) in [6.45, 7) is 43.5. The predicted octanol–water partition coefficient (Wildman–Crippen LogP) is 7.53. The highest BCUT2D eigenvalue weighted by atomic mass is 16.6. The quantitative estimate of drug-likeness (QED) is 0.204. The maximum absolute atomic E-state index is 12.4.